The van der Waals surface area contributed by atoms with Crippen LogP contribution >= 0.6 is 0 Å². The summed E-state index contributed by atoms with van der Waals surface area (Å²) < 4.78 is 5.90. The highest BCUT2D eigenvalue weighted by molar-refractivity contribution is 5.86. The molecular formula is C20H22O6. The lowest BCUT2D eigenvalue weighted by molar-refractivity contribution is -0.141. The van der Waals surface area contributed by atoms with E-state index in [1.54, 1.807) is 6.07 Å². The van der Waals surface area contributed by atoms with Crippen LogP contribution < -0.4 is 0 Å². The maximum atomic E-state index is 12.5. The molecule has 1 aromatic carbocycles. The molecule has 1 aromatic rings. The van der Waals surface area contributed by atoms with Crippen molar-refractivity contribution < 1.29 is 30.0 Å². The molecule has 2 aliphatic rings. The first kappa shape index (κ1) is 18.1. The van der Waals surface area contributed by atoms with E-state index in [4.69, 9.17) is 4.74 Å². The van der Waals surface area contributed by atoms with Gasteiger partial charge < -0.3 is 25.2 Å². The summed E-state index contributed by atoms with van der Waals surface area (Å²) in [6.07, 6.45) is 3.50. The van der Waals surface area contributed by atoms with Crippen LogP contribution in [0, 0.1) is 5.92 Å². The van der Waals surface area contributed by atoms with Gasteiger partial charge >= 0.3 is 0 Å². The first-order valence-electron chi connectivity index (χ1n) is 8.44. The minimum atomic E-state index is -0.821. The molecule has 0 saturated carbocycles. The van der Waals surface area contributed by atoms with Crippen LogP contribution in [0.4, 0.5) is 0 Å². The number of carbonyl (C=O) groups excluding carboxylic acids is 1. The Morgan fingerprint density at radius 2 is 1.96 bits per heavy atom. The Hall–Kier alpha value is -2.73. The second-order valence-corrected chi connectivity index (χ2v) is 6.93. The fourth-order valence-electron chi connectivity index (χ4n) is 3.29. The van der Waals surface area contributed by atoms with E-state index in [2.05, 4.69) is 0 Å². The van der Waals surface area contributed by atoms with Crippen molar-refractivity contribution in [2.24, 2.45) is 5.92 Å². The number of rotatable bonds is 3. The Kier molecular flexibility index (Phi) is 4.78. The highest BCUT2D eigenvalue weighted by Crippen LogP contribution is 2.41. The normalized spacial score (nSPS) is 25.2. The molecule has 0 aromatic heterocycles. The van der Waals surface area contributed by atoms with Crippen LogP contribution in [0.3, 0.4) is 0 Å². The van der Waals surface area contributed by atoms with Crippen molar-refractivity contribution in [1.82, 2.24) is 0 Å². The zero-order valence-corrected chi connectivity index (χ0v) is 14.6. The molecule has 1 fully saturated rings. The highest BCUT2D eigenvalue weighted by Gasteiger charge is 2.41. The molecule has 3 rings (SSSR count). The number of ketones is 1. The fraction of sp³-hybridized carbons (Fsp3) is 0.350. The summed E-state index contributed by atoms with van der Waals surface area (Å²) in [7, 11) is 0. The summed E-state index contributed by atoms with van der Waals surface area (Å²) in [6.45, 7) is 3.87. The van der Waals surface area contributed by atoms with Gasteiger partial charge in [-0.05, 0) is 44.0 Å². The van der Waals surface area contributed by atoms with Crippen molar-refractivity contribution in [2.75, 3.05) is 0 Å². The molecule has 1 aliphatic heterocycles. The number of aliphatic hydroxyl groups excluding tert-OH is 2. The lowest BCUT2D eigenvalue weighted by atomic mass is 9.83. The molecule has 6 heteroatoms. The average Bonchev–Trinajstić information content (AvgIpc) is 2.54. The van der Waals surface area contributed by atoms with E-state index in [0.29, 0.717) is 17.5 Å². The number of phenols is 2. The molecule has 0 radical (unpaired) electrons. The molecule has 6 nitrogen and oxygen atoms in total. The lowest BCUT2D eigenvalue weighted by Crippen LogP contribution is -2.40. The van der Waals surface area contributed by atoms with Gasteiger partial charge in [-0.15, -0.1) is 0 Å². The Balaban J connectivity index is 1.91. The van der Waals surface area contributed by atoms with Crippen LogP contribution in [0.15, 0.2) is 47.5 Å². The van der Waals surface area contributed by atoms with Gasteiger partial charge in [0, 0.05) is 18.1 Å². The molecule has 1 saturated heterocycles. The molecule has 0 amide bonds. The van der Waals surface area contributed by atoms with Gasteiger partial charge in [0.15, 0.2) is 11.5 Å². The van der Waals surface area contributed by atoms with Crippen molar-refractivity contribution in [2.45, 2.75) is 38.9 Å². The number of Topliss-reactive ketones (excluding diaryl/α,β-unsaturated/α-hetero) is 1. The number of hydrogen-bond acceptors (Lipinski definition) is 6. The molecule has 3 atom stereocenters. The van der Waals surface area contributed by atoms with Gasteiger partial charge in [-0.3, -0.25) is 4.79 Å². The van der Waals surface area contributed by atoms with E-state index in [0.717, 1.165) is 11.6 Å². The molecule has 0 spiro atoms. The molecule has 4 N–H and O–H groups in total. The molecule has 1 aliphatic carbocycles. The number of hydrogen-bond donors (Lipinski definition) is 4. The van der Waals surface area contributed by atoms with E-state index in [1.807, 2.05) is 19.9 Å². The van der Waals surface area contributed by atoms with E-state index in [9.17, 15) is 25.2 Å². The van der Waals surface area contributed by atoms with E-state index in [-0.39, 0.29) is 35.2 Å². The number of phenolic OH excluding ortho intramolecular Hbond substituents is 2. The smallest absolute Gasteiger partial charge is 0.161 e. The van der Waals surface area contributed by atoms with E-state index < -0.39 is 18.1 Å². The number of aromatic hydroxyl groups is 2. The topological polar surface area (TPSA) is 107 Å². The van der Waals surface area contributed by atoms with Crippen molar-refractivity contribution in [1.29, 1.82) is 0 Å². The Labute approximate surface area is 151 Å². The second kappa shape index (κ2) is 6.88. The lowest BCUT2D eigenvalue weighted by Gasteiger charge is -2.35. The maximum absolute atomic E-state index is 12.5. The van der Waals surface area contributed by atoms with Gasteiger partial charge in [0.2, 0.25) is 0 Å². The summed E-state index contributed by atoms with van der Waals surface area (Å²) in [5, 5.41) is 39.7. The molecular weight excluding hydrogens is 336 g/mol. The van der Waals surface area contributed by atoms with Crippen molar-refractivity contribution >= 4 is 5.78 Å². The molecule has 3 unspecified atom stereocenters. The Bertz CT molecular complexity index is 829. The number of benzene rings is 1. The van der Waals surface area contributed by atoms with Gasteiger partial charge in [0.1, 0.15) is 23.2 Å². The number of carbonyl (C=O) groups is 1. The summed E-state index contributed by atoms with van der Waals surface area (Å²) >= 11 is 0. The van der Waals surface area contributed by atoms with E-state index in [1.165, 1.54) is 12.1 Å². The van der Waals surface area contributed by atoms with Crippen LogP contribution in [0.5, 0.6) is 11.5 Å². The zero-order valence-electron chi connectivity index (χ0n) is 14.6. The summed E-state index contributed by atoms with van der Waals surface area (Å²) in [6, 6.07) is 3.08. The van der Waals surface area contributed by atoms with Gasteiger partial charge in [0.05, 0.1) is 12.2 Å². The van der Waals surface area contributed by atoms with Crippen LogP contribution in [-0.4, -0.2) is 32.3 Å². The van der Waals surface area contributed by atoms with E-state index >= 15 is 0 Å². The Morgan fingerprint density at radius 1 is 1.23 bits per heavy atom. The molecule has 26 heavy (non-hydrogen) atoms. The minimum absolute atomic E-state index is 0.0277. The highest BCUT2D eigenvalue weighted by atomic mass is 16.5. The van der Waals surface area contributed by atoms with Crippen molar-refractivity contribution in [3.63, 3.8) is 0 Å². The quantitative estimate of drug-likeness (QED) is 0.486. The van der Waals surface area contributed by atoms with Crippen molar-refractivity contribution in [3.05, 3.63) is 58.6 Å². The number of aliphatic hydroxyl groups is 2. The monoisotopic (exact) mass is 358 g/mol. The largest absolute Gasteiger partial charge is 0.511 e. The third kappa shape index (κ3) is 3.46. The zero-order chi connectivity index (χ0) is 19.0. The maximum Gasteiger partial charge on any atom is 0.161 e. The third-order valence-electron chi connectivity index (χ3n) is 4.63. The third-order valence-corrected chi connectivity index (χ3v) is 4.63. The SMILES string of the molecule is CC(C)=CCc1cc(C2CC(=O)C3C(O)=CC(O)=CC3O2)cc(O)c1O. The number of ether oxygens (including phenoxy) is 1. The molecule has 138 valence electrons. The molecule has 1 heterocycles. The first-order valence-corrected chi connectivity index (χ1v) is 8.44. The Morgan fingerprint density at radius 3 is 2.65 bits per heavy atom. The summed E-state index contributed by atoms with van der Waals surface area (Å²) in [4.78, 5) is 12.5. The fourth-order valence-corrected chi connectivity index (χ4v) is 3.29. The van der Waals surface area contributed by atoms with Crippen LogP contribution in [0.25, 0.3) is 0 Å². The van der Waals surface area contributed by atoms with Crippen LogP contribution in [-0.2, 0) is 16.0 Å². The number of fused-ring (bicyclic) bond motifs is 1. The van der Waals surface area contributed by atoms with Gasteiger partial charge in [-0.2, -0.15) is 0 Å². The van der Waals surface area contributed by atoms with Gasteiger partial charge in [-0.1, -0.05) is 11.6 Å². The van der Waals surface area contributed by atoms with Crippen LogP contribution in [0.2, 0.25) is 0 Å². The van der Waals surface area contributed by atoms with Gasteiger partial charge in [-0.25, -0.2) is 0 Å². The van der Waals surface area contributed by atoms with Crippen LogP contribution in [0.1, 0.15) is 37.5 Å². The standard InChI is InChI=1S/C20H22O6/c1-10(2)3-4-11-5-12(6-16(24)20(11)25)17-9-15(23)19-14(22)7-13(21)8-18(19)26-17/h3,5-8,17-19,21-22,24-25H,4,9H2,1-2H3. The van der Waals surface area contributed by atoms with Crippen molar-refractivity contribution in [3.8, 4) is 11.5 Å². The van der Waals surface area contributed by atoms with Gasteiger partial charge in [0.25, 0.3) is 0 Å². The predicted molar refractivity (Wildman–Crippen MR) is 95.1 cm³/mol. The second-order valence-electron chi connectivity index (χ2n) is 6.93. The summed E-state index contributed by atoms with van der Waals surface area (Å²) in [5.74, 6) is -1.86. The minimum Gasteiger partial charge on any atom is -0.511 e. The first-order chi connectivity index (χ1) is 12.3. The average molecular weight is 358 g/mol. The predicted octanol–water partition coefficient (Wildman–Crippen LogP) is 3.52. The summed E-state index contributed by atoms with van der Waals surface area (Å²) in [5.41, 5.74) is 2.17. The number of allylic oxidation sites excluding steroid dienone is 3. The molecule has 0 bridgehead atoms.